The van der Waals surface area contributed by atoms with Gasteiger partial charge in [0.15, 0.2) is 10.6 Å². The first kappa shape index (κ1) is 24.7. The summed E-state index contributed by atoms with van der Waals surface area (Å²) >= 11 is 0. The largest absolute Gasteiger partial charge is 0.491 e. The Morgan fingerprint density at radius 1 is 1.23 bits per heavy atom. The van der Waals surface area contributed by atoms with Crippen LogP contribution in [0.2, 0.25) is 0 Å². The summed E-state index contributed by atoms with van der Waals surface area (Å²) in [4.78, 5) is 29.6. The van der Waals surface area contributed by atoms with Crippen LogP contribution >= 0.6 is 0 Å². The van der Waals surface area contributed by atoms with Gasteiger partial charge < -0.3 is 19.7 Å². The van der Waals surface area contributed by atoms with Gasteiger partial charge in [0.1, 0.15) is 12.4 Å². The van der Waals surface area contributed by atoms with E-state index in [4.69, 9.17) is 9.47 Å². The highest BCUT2D eigenvalue weighted by Crippen LogP contribution is 2.51. The zero-order chi connectivity index (χ0) is 25.4. The van der Waals surface area contributed by atoms with E-state index in [-0.39, 0.29) is 42.5 Å². The molecule has 0 spiro atoms. The topological polar surface area (TPSA) is 147 Å². The van der Waals surface area contributed by atoms with Crippen LogP contribution in [0.15, 0.2) is 41.6 Å². The minimum Gasteiger partial charge on any atom is -0.491 e. The molecule has 2 aliphatic rings. The maximum atomic E-state index is 13.7. The molecule has 0 radical (unpaired) electrons. The lowest BCUT2D eigenvalue weighted by atomic mass is 9.91. The van der Waals surface area contributed by atoms with E-state index >= 15 is 0 Å². The van der Waals surface area contributed by atoms with Crippen LogP contribution in [0, 0.1) is 0 Å². The molecule has 4 rings (SSSR count). The summed E-state index contributed by atoms with van der Waals surface area (Å²) in [5.41, 5.74) is -1.31. The Bertz CT molecular complexity index is 1230. The van der Waals surface area contributed by atoms with Crippen LogP contribution in [0.4, 0.5) is 16.2 Å². The number of fused-ring (bicyclic) bond motifs is 1. The quantitative estimate of drug-likeness (QED) is 0.465. The first-order valence-electron chi connectivity index (χ1n) is 11.2. The highest BCUT2D eigenvalue weighted by atomic mass is 32.2. The number of pyridine rings is 1. The van der Waals surface area contributed by atoms with Crippen LogP contribution in [-0.2, 0) is 26.0 Å². The average molecular weight is 506 g/mol. The van der Waals surface area contributed by atoms with Crippen molar-refractivity contribution < 1.29 is 37.7 Å². The van der Waals surface area contributed by atoms with E-state index in [0.717, 1.165) is 4.90 Å². The third-order valence-corrected chi connectivity index (χ3v) is 8.07. The van der Waals surface area contributed by atoms with Crippen LogP contribution in [-0.4, -0.2) is 67.6 Å². The highest BCUT2D eigenvalue weighted by molar-refractivity contribution is 7.92. The van der Waals surface area contributed by atoms with Crippen molar-refractivity contribution in [1.29, 1.82) is 0 Å². The molecule has 1 amide bonds. The molecule has 1 aromatic heterocycles. The van der Waals surface area contributed by atoms with Crippen LogP contribution in [0.5, 0.6) is 5.75 Å². The van der Waals surface area contributed by atoms with E-state index in [9.17, 15) is 28.2 Å². The molecular weight excluding hydrogens is 478 g/mol. The predicted octanol–water partition coefficient (Wildman–Crippen LogP) is 2.74. The Labute approximate surface area is 202 Å². The standard InChI is InChI=1S/C23H27N3O8S/c1-3-23(21(27)28)14-15-12-17(34-11-10-33-2)13-18(20(15)25(23)22(29)30)26(16-7-8-16)35(31,32)19-6-4-5-9-24-19/h4-6,9,12-13,16H,3,7-8,10-11,14H2,1-2H3,(H,27,28)(H,29,30). The molecule has 11 nitrogen and oxygen atoms in total. The Hall–Kier alpha value is -3.38. The fourth-order valence-corrected chi connectivity index (χ4v) is 6.11. The van der Waals surface area contributed by atoms with Crippen molar-refractivity contribution >= 4 is 33.5 Å². The number of rotatable bonds is 10. The summed E-state index contributed by atoms with van der Waals surface area (Å²) in [6.07, 6.45) is 0.883. The number of aromatic nitrogens is 1. The minimum atomic E-state index is -4.19. The normalized spacial score (nSPS) is 19.3. The number of nitrogens with zero attached hydrogens (tertiary/aromatic N) is 3. The fraction of sp³-hybridized carbons (Fsp3) is 0.435. The smallest absolute Gasteiger partial charge is 0.412 e. The zero-order valence-corrected chi connectivity index (χ0v) is 20.2. The number of carboxylic acid groups (broad SMARTS) is 2. The van der Waals surface area contributed by atoms with Gasteiger partial charge >= 0.3 is 12.1 Å². The number of amides is 1. The maximum Gasteiger partial charge on any atom is 0.412 e. The Kier molecular flexibility index (Phi) is 6.60. The number of anilines is 2. The Morgan fingerprint density at radius 2 is 1.97 bits per heavy atom. The molecule has 188 valence electrons. The molecule has 35 heavy (non-hydrogen) atoms. The number of ether oxygens (including phenoxy) is 2. The molecule has 1 unspecified atom stereocenters. The minimum absolute atomic E-state index is 0.0148. The van der Waals surface area contributed by atoms with Gasteiger partial charge in [-0.3, -0.25) is 9.21 Å². The number of carboxylic acids is 1. The predicted molar refractivity (Wildman–Crippen MR) is 126 cm³/mol. The van der Waals surface area contributed by atoms with E-state index in [1.165, 1.54) is 29.7 Å². The number of sulfonamides is 1. The van der Waals surface area contributed by atoms with Crippen LogP contribution in [0.3, 0.4) is 0 Å². The molecule has 2 N–H and O–H groups in total. The van der Waals surface area contributed by atoms with E-state index in [1.807, 2.05) is 0 Å². The molecule has 1 atom stereocenters. The summed E-state index contributed by atoms with van der Waals surface area (Å²) in [5.74, 6) is -1.02. The molecule has 0 bridgehead atoms. The van der Waals surface area contributed by atoms with Crippen molar-refractivity contribution in [2.75, 3.05) is 29.5 Å². The van der Waals surface area contributed by atoms with Gasteiger partial charge in [-0.2, -0.15) is 8.42 Å². The Morgan fingerprint density at radius 3 is 2.51 bits per heavy atom. The van der Waals surface area contributed by atoms with Crippen molar-refractivity contribution in [3.05, 3.63) is 42.1 Å². The van der Waals surface area contributed by atoms with Gasteiger partial charge in [0.05, 0.1) is 18.0 Å². The molecule has 1 aromatic carbocycles. The number of carbonyl (C=O) groups is 2. The fourth-order valence-electron chi connectivity index (χ4n) is 4.46. The monoisotopic (exact) mass is 505 g/mol. The number of methoxy groups -OCH3 is 1. The van der Waals surface area contributed by atoms with E-state index in [2.05, 4.69) is 4.98 Å². The van der Waals surface area contributed by atoms with Gasteiger partial charge in [-0.05, 0) is 43.0 Å². The van der Waals surface area contributed by atoms with Crippen molar-refractivity contribution in [3.8, 4) is 5.75 Å². The summed E-state index contributed by atoms with van der Waals surface area (Å²) in [6.45, 7) is 2.04. The Balaban J connectivity index is 1.96. The summed E-state index contributed by atoms with van der Waals surface area (Å²) in [6, 6.07) is 7.12. The van der Waals surface area contributed by atoms with Gasteiger partial charge in [-0.15, -0.1) is 0 Å². The second-order valence-corrected chi connectivity index (χ2v) is 10.2. The summed E-state index contributed by atoms with van der Waals surface area (Å²) in [5, 5.41) is 20.0. The maximum absolute atomic E-state index is 13.7. The van der Waals surface area contributed by atoms with E-state index in [0.29, 0.717) is 24.2 Å². The summed E-state index contributed by atoms with van der Waals surface area (Å²) in [7, 11) is -2.68. The van der Waals surface area contributed by atoms with Crippen molar-refractivity contribution in [2.45, 2.75) is 49.2 Å². The van der Waals surface area contributed by atoms with Gasteiger partial charge in [-0.1, -0.05) is 13.0 Å². The molecule has 1 fully saturated rings. The molecular formula is C23H27N3O8S. The van der Waals surface area contributed by atoms with Crippen molar-refractivity contribution in [3.63, 3.8) is 0 Å². The lowest BCUT2D eigenvalue weighted by molar-refractivity contribution is -0.143. The average Bonchev–Trinajstić information content (AvgIpc) is 3.58. The second kappa shape index (κ2) is 9.34. The van der Waals surface area contributed by atoms with E-state index in [1.54, 1.807) is 25.1 Å². The van der Waals surface area contributed by atoms with Crippen molar-refractivity contribution in [1.82, 2.24) is 4.98 Å². The molecule has 2 heterocycles. The number of aliphatic carboxylic acids is 1. The number of hydrogen-bond donors (Lipinski definition) is 2. The SMILES string of the molecule is CCC1(C(=O)O)Cc2cc(OCCOC)cc(N(C3CC3)S(=O)(=O)c3ccccn3)c2N1C(=O)O. The number of benzene rings is 1. The first-order valence-corrected chi connectivity index (χ1v) is 12.6. The molecule has 1 aliphatic carbocycles. The van der Waals surface area contributed by atoms with Gasteiger partial charge in [0.2, 0.25) is 0 Å². The molecule has 0 saturated heterocycles. The lowest BCUT2D eigenvalue weighted by Gasteiger charge is -2.34. The molecule has 1 aliphatic heterocycles. The third-order valence-electron chi connectivity index (χ3n) is 6.28. The van der Waals surface area contributed by atoms with Gasteiger partial charge in [0, 0.05) is 31.8 Å². The second-order valence-electron chi connectivity index (χ2n) is 8.48. The van der Waals surface area contributed by atoms with Crippen LogP contribution in [0.1, 0.15) is 31.7 Å². The lowest BCUT2D eigenvalue weighted by Crippen LogP contribution is -2.55. The van der Waals surface area contributed by atoms with Gasteiger partial charge in [0.25, 0.3) is 10.0 Å². The highest BCUT2D eigenvalue weighted by Gasteiger charge is 2.54. The number of hydrogen-bond acceptors (Lipinski definition) is 7. The van der Waals surface area contributed by atoms with Crippen LogP contribution in [0.25, 0.3) is 0 Å². The summed E-state index contributed by atoms with van der Waals surface area (Å²) < 4.78 is 39.4. The molecule has 1 saturated carbocycles. The van der Waals surface area contributed by atoms with E-state index < -0.39 is 33.7 Å². The molecule has 2 aromatic rings. The van der Waals surface area contributed by atoms with Gasteiger partial charge in [-0.25, -0.2) is 14.6 Å². The third kappa shape index (κ3) is 4.27. The zero-order valence-electron chi connectivity index (χ0n) is 19.4. The molecule has 12 heteroatoms. The van der Waals surface area contributed by atoms with Crippen LogP contribution < -0.4 is 13.9 Å². The van der Waals surface area contributed by atoms with Crippen molar-refractivity contribution in [2.24, 2.45) is 0 Å². The first-order chi connectivity index (χ1) is 16.7.